The Labute approximate surface area is 183 Å². The van der Waals surface area contributed by atoms with Gasteiger partial charge in [0, 0.05) is 24.8 Å². The number of carbonyl (C=O) groups excluding carboxylic acids is 1. The number of aliphatic hydroxyl groups is 1. The third kappa shape index (κ3) is 3.77. The van der Waals surface area contributed by atoms with Crippen LogP contribution in [0, 0.1) is 12.7 Å². The highest BCUT2D eigenvalue weighted by molar-refractivity contribution is 6.00. The Bertz CT molecular complexity index is 1140. The Balaban J connectivity index is 1.57. The van der Waals surface area contributed by atoms with Crippen LogP contribution in [0.5, 0.6) is 11.9 Å². The molecule has 1 N–H and O–H groups in total. The van der Waals surface area contributed by atoms with Gasteiger partial charge < -0.3 is 24.0 Å². The molecule has 1 amide bonds. The molecule has 32 heavy (non-hydrogen) atoms. The number of piperidine rings is 1. The zero-order chi connectivity index (χ0) is 22.9. The molecular weight excluding hydrogens is 419 g/mol. The second kappa shape index (κ2) is 8.54. The van der Waals surface area contributed by atoms with Crippen molar-refractivity contribution in [2.24, 2.45) is 0 Å². The topological polar surface area (TPSA) is 111 Å². The van der Waals surface area contributed by atoms with Crippen molar-refractivity contribution in [3.63, 3.8) is 0 Å². The zero-order valence-corrected chi connectivity index (χ0v) is 18.0. The normalized spacial score (nSPS) is 15.5. The summed E-state index contributed by atoms with van der Waals surface area (Å²) in [7, 11) is 2.89. The summed E-state index contributed by atoms with van der Waals surface area (Å²) in [6, 6.07) is 6.22. The monoisotopic (exact) mass is 442 g/mol. The molecule has 3 heterocycles. The van der Waals surface area contributed by atoms with Crippen LogP contribution < -0.4 is 9.47 Å². The molecule has 0 unspecified atom stereocenters. The zero-order valence-electron chi connectivity index (χ0n) is 18.0. The lowest BCUT2D eigenvalue weighted by molar-refractivity contribution is -0.0233. The lowest BCUT2D eigenvalue weighted by Gasteiger charge is -2.38. The van der Waals surface area contributed by atoms with Crippen LogP contribution in [0.1, 0.15) is 34.5 Å². The number of benzene rings is 1. The molecule has 9 nitrogen and oxygen atoms in total. The van der Waals surface area contributed by atoms with Crippen molar-refractivity contribution < 1.29 is 28.3 Å². The number of methoxy groups -OCH3 is 2. The van der Waals surface area contributed by atoms with Crippen molar-refractivity contribution in [1.29, 1.82) is 0 Å². The highest BCUT2D eigenvalue weighted by Crippen LogP contribution is 2.38. The van der Waals surface area contributed by atoms with E-state index in [1.54, 1.807) is 30.0 Å². The number of nitrogens with zero attached hydrogens (tertiary/aromatic N) is 4. The van der Waals surface area contributed by atoms with E-state index >= 15 is 0 Å². The van der Waals surface area contributed by atoms with E-state index < -0.39 is 11.4 Å². The molecule has 10 heteroatoms. The van der Waals surface area contributed by atoms with Gasteiger partial charge in [0.05, 0.1) is 25.4 Å². The van der Waals surface area contributed by atoms with E-state index in [0.717, 1.165) is 0 Å². The van der Waals surface area contributed by atoms with Gasteiger partial charge >= 0.3 is 6.01 Å². The molecule has 2 aromatic heterocycles. The predicted molar refractivity (Wildman–Crippen MR) is 111 cm³/mol. The van der Waals surface area contributed by atoms with E-state index in [-0.39, 0.29) is 60.5 Å². The molecule has 1 fully saturated rings. The third-order valence-electron chi connectivity index (χ3n) is 5.69. The number of carbonyl (C=O) groups is 1. The van der Waals surface area contributed by atoms with Crippen molar-refractivity contribution in [1.82, 2.24) is 20.0 Å². The smallest absolute Gasteiger partial charge is 0.319 e. The minimum atomic E-state index is -1.27. The molecule has 1 saturated heterocycles. The first-order chi connectivity index (χ1) is 15.4. The highest BCUT2D eigenvalue weighted by atomic mass is 19.1. The largest absolute Gasteiger partial charge is 0.481 e. The Kier molecular flexibility index (Phi) is 5.79. The van der Waals surface area contributed by atoms with Gasteiger partial charge in [0.1, 0.15) is 22.8 Å². The lowest BCUT2D eigenvalue weighted by Crippen LogP contribution is -2.45. The van der Waals surface area contributed by atoms with Crippen LogP contribution >= 0.6 is 0 Å². The van der Waals surface area contributed by atoms with Crippen molar-refractivity contribution in [2.75, 3.05) is 27.3 Å². The fraction of sp³-hybridized carbons (Fsp3) is 0.364. The van der Waals surface area contributed by atoms with Gasteiger partial charge in [-0.3, -0.25) is 4.79 Å². The molecule has 0 atom stereocenters. The average Bonchev–Trinajstić information content (AvgIpc) is 3.20. The predicted octanol–water partition coefficient (Wildman–Crippen LogP) is 2.72. The molecule has 3 aromatic rings. The Hall–Kier alpha value is -3.53. The number of hydrogen-bond acceptors (Lipinski definition) is 8. The SMILES string of the molecule is COc1ncc(C2(O)CCN(C(=O)c3c(-c4ccccc4F)noc3C)CC2)c(OC)n1. The van der Waals surface area contributed by atoms with E-state index in [9.17, 15) is 14.3 Å². The summed E-state index contributed by atoms with van der Waals surface area (Å²) >= 11 is 0. The maximum atomic E-state index is 14.3. The summed E-state index contributed by atoms with van der Waals surface area (Å²) in [6.07, 6.45) is 1.96. The van der Waals surface area contributed by atoms with Crippen LogP contribution in [0.4, 0.5) is 4.39 Å². The average molecular weight is 442 g/mol. The molecule has 4 rings (SSSR count). The third-order valence-corrected chi connectivity index (χ3v) is 5.69. The summed E-state index contributed by atoms with van der Waals surface area (Å²) in [5, 5.41) is 15.2. The molecule has 1 aliphatic rings. The van der Waals surface area contributed by atoms with E-state index in [1.807, 2.05) is 0 Å². The van der Waals surface area contributed by atoms with Crippen LogP contribution in [0.3, 0.4) is 0 Å². The van der Waals surface area contributed by atoms with Gasteiger partial charge in [0.25, 0.3) is 5.91 Å². The number of aromatic nitrogens is 3. The number of rotatable bonds is 5. The quantitative estimate of drug-likeness (QED) is 0.642. The van der Waals surface area contributed by atoms with E-state index in [0.29, 0.717) is 11.3 Å². The lowest BCUT2D eigenvalue weighted by atomic mass is 9.85. The number of likely N-dealkylation sites (tertiary alicyclic amines) is 1. The Morgan fingerprint density at radius 2 is 1.94 bits per heavy atom. The Morgan fingerprint density at radius 3 is 2.59 bits per heavy atom. The van der Waals surface area contributed by atoms with Gasteiger partial charge in [-0.05, 0) is 31.9 Å². The first-order valence-electron chi connectivity index (χ1n) is 10.1. The molecule has 168 valence electrons. The van der Waals surface area contributed by atoms with E-state index in [2.05, 4.69) is 15.1 Å². The summed E-state index contributed by atoms with van der Waals surface area (Å²) in [4.78, 5) is 23.1. The minimum Gasteiger partial charge on any atom is -0.481 e. The van der Waals surface area contributed by atoms with Gasteiger partial charge in [-0.1, -0.05) is 17.3 Å². The van der Waals surface area contributed by atoms with Crippen LogP contribution in [-0.2, 0) is 5.60 Å². The number of ether oxygens (including phenoxy) is 2. The minimum absolute atomic E-state index is 0.130. The standard InChI is InChI=1S/C22H23FN4O5/c1-13-17(18(26-32-13)14-6-4-5-7-16(14)23)20(28)27-10-8-22(29,9-11-27)15-12-24-21(31-3)25-19(15)30-2/h4-7,12,29H,8-11H2,1-3H3. The van der Waals surface area contributed by atoms with E-state index in [1.165, 1.54) is 26.5 Å². The van der Waals surface area contributed by atoms with Gasteiger partial charge in [-0.2, -0.15) is 4.98 Å². The van der Waals surface area contributed by atoms with Crippen molar-refractivity contribution in [2.45, 2.75) is 25.4 Å². The van der Waals surface area contributed by atoms with Gasteiger partial charge in [0.2, 0.25) is 5.88 Å². The number of halogens is 1. The molecule has 0 radical (unpaired) electrons. The summed E-state index contributed by atoms with van der Waals surface area (Å²) < 4.78 is 29.8. The molecule has 1 aromatic carbocycles. The molecule has 0 bridgehead atoms. The Morgan fingerprint density at radius 1 is 1.22 bits per heavy atom. The maximum Gasteiger partial charge on any atom is 0.319 e. The van der Waals surface area contributed by atoms with Crippen LogP contribution in [0.25, 0.3) is 11.3 Å². The second-order valence-electron chi connectivity index (χ2n) is 7.55. The van der Waals surface area contributed by atoms with Crippen molar-refractivity contribution in [3.8, 4) is 23.1 Å². The van der Waals surface area contributed by atoms with Crippen LogP contribution in [0.2, 0.25) is 0 Å². The molecule has 0 saturated carbocycles. The first kappa shape index (κ1) is 21.7. The molecule has 0 aliphatic carbocycles. The number of aryl methyl sites for hydroxylation is 1. The highest BCUT2D eigenvalue weighted by Gasteiger charge is 2.40. The van der Waals surface area contributed by atoms with Gasteiger partial charge in [-0.25, -0.2) is 9.37 Å². The molecule has 1 aliphatic heterocycles. The van der Waals surface area contributed by atoms with Gasteiger partial charge in [-0.15, -0.1) is 0 Å². The van der Waals surface area contributed by atoms with Crippen molar-refractivity contribution >= 4 is 5.91 Å². The summed E-state index contributed by atoms with van der Waals surface area (Å²) in [5.41, 5.74) is -0.267. The van der Waals surface area contributed by atoms with Crippen molar-refractivity contribution in [3.05, 3.63) is 53.2 Å². The number of amides is 1. The summed E-state index contributed by atoms with van der Waals surface area (Å²) in [5.74, 6) is -0.299. The maximum absolute atomic E-state index is 14.3. The first-order valence-corrected chi connectivity index (χ1v) is 10.1. The second-order valence-corrected chi connectivity index (χ2v) is 7.55. The summed E-state index contributed by atoms with van der Waals surface area (Å²) in [6.45, 7) is 2.13. The van der Waals surface area contributed by atoms with Crippen LogP contribution in [-0.4, -0.2) is 58.3 Å². The van der Waals surface area contributed by atoms with Gasteiger partial charge in [0.15, 0.2) is 0 Å². The van der Waals surface area contributed by atoms with Crippen LogP contribution in [0.15, 0.2) is 35.0 Å². The fourth-order valence-electron chi connectivity index (χ4n) is 3.89. The molecule has 0 spiro atoms. The van der Waals surface area contributed by atoms with E-state index in [4.69, 9.17) is 14.0 Å². The number of hydrogen-bond donors (Lipinski definition) is 1. The fourth-order valence-corrected chi connectivity index (χ4v) is 3.89. The molecular formula is C22H23FN4O5.